The molecular weight excluding hydrogens is 688 g/mol. The standard InChI is InChI=1S/C34H45N3O12.2Na/c1-19(2)31(44)37-27-26(36-20(3)38)29(49-34(30(27)43,33(46)47)48-17-9-5-8-12-25(40)41)28(42)24(39)18-35-32(45)23-15-13-22(14-16-23)21-10-6-4-7-11-21;;/h4,6-7,10-11,13-16,19,24,26-30,39,42-43H,5,8-9,12,17-18H2,1-3H3,(H,35,45)(H,36,38)(H,37,44)(H,40,41)(H,46,47);;/q;2*+1/p-2/t24-,26-,27-,28-,29-,30+,34-;;/m1../s1. The van der Waals surface area contributed by atoms with Gasteiger partial charge in [-0.2, -0.15) is 0 Å². The molecule has 268 valence electrons. The largest absolute Gasteiger partial charge is 1.00 e. The number of carbonyl (C=O) groups is 5. The van der Waals surface area contributed by atoms with Crippen molar-refractivity contribution >= 4 is 29.7 Å². The second kappa shape index (κ2) is 22.0. The Morgan fingerprint density at radius 3 is 2.04 bits per heavy atom. The van der Waals surface area contributed by atoms with Crippen molar-refractivity contribution in [3.63, 3.8) is 0 Å². The summed E-state index contributed by atoms with van der Waals surface area (Å²) in [7, 11) is 0. The number of carboxylic acid groups (broad SMARTS) is 2. The summed E-state index contributed by atoms with van der Waals surface area (Å²) in [5, 5.41) is 64.4. The molecule has 0 aromatic heterocycles. The molecule has 2 aromatic carbocycles. The van der Waals surface area contributed by atoms with Crippen LogP contribution in [0.1, 0.15) is 56.8 Å². The summed E-state index contributed by atoms with van der Waals surface area (Å²) in [6, 6.07) is 12.9. The van der Waals surface area contributed by atoms with Crippen molar-refractivity contribution in [3.8, 4) is 11.1 Å². The molecule has 1 saturated heterocycles. The fourth-order valence-corrected chi connectivity index (χ4v) is 5.37. The summed E-state index contributed by atoms with van der Waals surface area (Å²) >= 11 is 0. The summed E-state index contributed by atoms with van der Waals surface area (Å²) in [6.07, 6.45) is -7.57. The number of benzene rings is 2. The van der Waals surface area contributed by atoms with Crippen LogP contribution in [0.5, 0.6) is 0 Å². The van der Waals surface area contributed by atoms with Crippen molar-refractivity contribution in [2.24, 2.45) is 5.92 Å². The van der Waals surface area contributed by atoms with Crippen LogP contribution in [0.15, 0.2) is 54.6 Å². The van der Waals surface area contributed by atoms with Gasteiger partial charge in [-0.1, -0.05) is 62.7 Å². The number of hydrogen-bond acceptors (Lipinski definition) is 12. The van der Waals surface area contributed by atoms with E-state index in [0.29, 0.717) is 0 Å². The van der Waals surface area contributed by atoms with Crippen LogP contribution in [0.4, 0.5) is 0 Å². The molecule has 6 N–H and O–H groups in total. The van der Waals surface area contributed by atoms with Crippen LogP contribution in [0.2, 0.25) is 0 Å². The molecule has 7 atom stereocenters. The van der Waals surface area contributed by atoms with Crippen LogP contribution in [0, 0.1) is 5.92 Å². The Balaban J connectivity index is 0.00000650. The molecule has 1 aliphatic rings. The van der Waals surface area contributed by atoms with E-state index < -0.39 is 91.0 Å². The van der Waals surface area contributed by atoms with E-state index in [1.165, 1.54) is 13.8 Å². The Hall–Kier alpha value is -2.41. The van der Waals surface area contributed by atoms with Crippen LogP contribution in [0.25, 0.3) is 11.1 Å². The Bertz CT molecular complexity index is 1450. The molecule has 0 aliphatic carbocycles. The number of rotatable bonds is 17. The topological polar surface area (TPSA) is 247 Å². The Morgan fingerprint density at radius 1 is 0.882 bits per heavy atom. The third kappa shape index (κ3) is 12.9. The second-order valence-electron chi connectivity index (χ2n) is 12.1. The van der Waals surface area contributed by atoms with Gasteiger partial charge in [-0.15, -0.1) is 0 Å². The van der Waals surface area contributed by atoms with Gasteiger partial charge in [-0.25, -0.2) is 0 Å². The number of amides is 3. The van der Waals surface area contributed by atoms with E-state index in [1.54, 1.807) is 24.3 Å². The number of unbranched alkanes of at least 4 members (excludes halogenated alkanes) is 2. The average Bonchev–Trinajstić information content (AvgIpc) is 3.07. The quantitative estimate of drug-likeness (QED) is 0.0657. The smallest absolute Gasteiger partial charge is 0.550 e. The molecule has 3 amide bonds. The fourth-order valence-electron chi connectivity index (χ4n) is 5.37. The first-order valence-corrected chi connectivity index (χ1v) is 16.0. The van der Waals surface area contributed by atoms with Crippen molar-refractivity contribution in [1.29, 1.82) is 0 Å². The van der Waals surface area contributed by atoms with E-state index in [1.807, 2.05) is 30.3 Å². The number of hydrogen-bond donors (Lipinski definition) is 6. The van der Waals surface area contributed by atoms with E-state index >= 15 is 0 Å². The third-order valence-electron chi connectivity index (χ3n) is 8.07. The molecule has 1 fully saturated rings. The summed E-state index contributed by atoms with van der Waals surface area (Å²) in [5.41, 5.74) is 2.05. The Labute approximate surface area is 340 Å². The predicted molar refractivity (Wildman–Crippen MR) is 169 cm³/mol. The zero-order chi connectivity index (χ0) is 36.3. The van der Waals surface area contributed by atoms with Crippen molar-refractivity contribution < 1.29 is 118 Å². The van der Waals surface area contributed by atoms with E-state index in [2.05, 4.69) is 16.0 Å². The van der Waals surface area contributed by atoms with Gasteiger partial charge in [0.15, 0.2) is 0 Å². The number of carboxylic acids is 2. The van der Waals surface area contributed by atoms with Crippen LogP contribution in [-0.2, 0) is 28.7 Å². The SMILES string of the molecule is CC(=O)N[C@@H]1[C@@H](NC(=O)C(C)C)[C@H](O)[C@](OCCCCCC(=O)[O-])(C(=O)[O-])O[C@H]1[C@H](O)[C@H](O)CNC(=O)c1ccc(-c2ccccc2)cc1.[Na+].[Na+]. The summed E-state index contributed by atoms with van der Waals surface area (Å²) in [5.74, 6) is -9.00. The molecule has 3 rings (SSSR count). The van der Waals surface area contributed by atoms with Crippen molar-refractivity contribution in [2.45, 2.75) is 88.7 Å². The van der Waals surface area contributed by atoms with Gasteiger partial charge in [0.05, 0.1) is 24.8 Å². The van der Waals surface area contributed by atoms with Crippen LogP contribution in [0.3, 0.4) is 0 Å². The monoisotopic (exact) mass is 731 g/mol. The number of nitrogens with one attached hydrogen (secondary N) is 3. The molecule has 17 heteroatoms. The summed E-state index contributed by atoms with van der Waals surface area (Å²) in [4.78, 5) is 61.2. The van der Waals surface area contributed by atoms with E-state index in [4.69, 9.17) is 9.47 Å². The molecule has 0 radical (unpaired) electrons. The maximum Gasteiger partial charge on any atom is 1.00 e. The predicted octanol–water partition coefficient (Wildman–Crippen LogP) is -8.01. The first-order valence-electron chi connectivity index (χ1n) is 16.0. The maximum atomic E-state index is 12.9. The number of aliphatic carboxylic acids is 2. The molecule has 15 nitrogen and oxygen atoms in total. The van der Waals surface area contributed by atoms with Gasteiger partial charge in [-0.05, 0) is 42.5 Å². The van der Waals surface area contributed by atoms with Crippen molar-refractivity contribution in [1.82, 2.24) is 16.0 Å². The van der Waals surface area contributed by atoms with Crippen molar-refractivity contribution in [2.75, 3.05) is 13.2 Å². The van der Waals surface area contributed by atoms with Crippen LogP contribution < -0.4 is 85.3 Å². The van der Waals surface area contributed by atoms with Crippen LogP contribution in [-0.4, -0.2) is 100 Å². The van der Waals surface area contributed by atoms with Gasteiger partial charge < -0.3 is 60.5 Å². The number of carbonyl (C=O) groups excluding carboxylic acids is 5. The first kappa shape index (κ1) is 46.6. The third-order valence-corrected chi connectivity index (χ3v) is 8.07. The second-order valence-corrected chi connectivity index (χ2v) is 12.1. The minimum Gasteiger partial charge on any atom is -0.550 e. The molecule has 2 aromatic rings. The van der Waals surface area contributed by atoms with E-state index in [9.17, 15) is 49.5 Å². The van der Waals surface area contributed by atoms with Gasteiger partial charge >= 0.3 is 59.1 Å². The minimum atomic E-state index is -3.02. The molecule has 1 aliphatic heterocycles. The normalized spacial score (nSPS) is 22.3. The summed E-state index contributed by atoms with van der Waals surface area (Å²) < 4.78 is 11.2. The van der Waals surface area contributed by atoms with Gasteiger partial charge in [0.1, 0.15) is 24.3 Å². The Morgan fingerprint density at radius 2 is 1.49 bits per heavy atom. The molecule has 0 saturated carbocycles. The fraction of sp³-hybridized carbons (Fsp3) is 0.500. The number of ether oxygens (including phenoxy) is 2. The molecular formula is C34H43N3Na2O12. The molecule has 51 heavy (non-hydrogen) atoms. The van der Waals surface area contributed by atoms with Gasteiger partial charge in [-0.3, -0.25) is 14.4 Å². The molecule has 1 heterocycles. The molecule has 0 bridgehead atoms. The van der Waals surface area contributed by atoms with E-state index in [0.717, 1.165) is 18.1 Å². The van der Waals surface area contributed by atoms with Crippen LogP contribution >= 0.6 is 0 Å². The average molecular weight is 732 g/mol. The number of aliphatic hydroxyl groups excluding tert-OH is 3. The number of aliphatic hydroxyl groups is 3. The molecule has 0 unspecified atom stereocenters. The maximum absolute atomic E-state index is 12.9. The van der Waals surface area contributed by atoms with Gasteiger partial charge in [0, 0.05) is 30.9 Å². The molecule has 0 spiro atoms. The van der Waals surface area contributed by atoms with Gasteiger partial charge in [0.2, 0.25) is 17.6 Å². The van der Waals surface area contributed by atoms with Crippen molar-refractivity contribution in [3.05, 3.63) is 60.2 Å². The summed E-state index contributed by atoms with van der Waals surface area (Å²) in [6.45, 7) is 3.20. The zero-order valence-corrected chi connectivity index (χ0v) is 33.5. The first-order chi connectivity index (χ1) is 23.2. The minimum absolute atomic E-state index is 0. The zero-order valence-electron chi connectivity index (χ0n) is 29.5. The Kier molecular flexibility index (Phi) is 20.1. The van der Waals surface area contributed by atoms with E-state index in [-0.39, 0.29) is 90.4 Å². The van der Waals surface area contributed by atoms with Gasteiger partial charge in [0.25, 0.3) is 5.91 Å².